The molecular formula is C13H12F6N2O4. The highest BCUT2D eigenvalue weighted by atomic mass is 19.4. The molecule has 0 radical (unpaired) electrons. The maximum Gasteiger partial charge on any atom is 0.412 e. The molecular weight excluding hydrogens is 362 g/mol. The number of benzene rings is 1. The molecule has 1 aromatic carbocycles. The summed E-state index contributed by atoms with van der Waals surface area (Å²) in [5, 5.41) is 17.9. The molecule has 12 heteroatoms. The van der Waals surface area contributed by atoms with E-state index in [4.69, 9.17) is 10.2 Å². The van der Waals surface area contributed by atoms with Gasteiger partial charge in [0.15, 0.2) is 0 Å². The van der Waals surface area contributed by atoms with Crippen LogP contribution in [0.2, 0.25) is 0 Å². The number of carboxylic acid groups (broad SMARTS) is 2. The number of hydrogen-bond donors (Lipinski definition) is 2. The van der Waals surface area contributed by atoms with Crippen molar-refractivity contribution in [2.45, 2.75) is 19.3 Å². The fourth-order valence-electron chi connectivity index (χ4n) is 1.94. The monoisotopic (exact) mass is 374 g/mol. The Hall–Kier alpha value is -2.66. The smallest absolute Gasteiger partial charge is 0.412 e. The summed E-state index contributed by atoms with van der Waals surface area (Å²) >= 11 is 0. The number of rotatable bonds is 4. The number of halogens is 6. The molecule has 0 saturated heterocycles. The molecule has 0 aliphatic carbocycles. The van der Waals surface area contributed by atoms with Crippen LogP contribution in [0.1, 0.15) is 5.56 Å². The van der Waals surface area contributed by atoms with Crippen LogP contribution in [-0.2, 0) is 0 Å². The molecule has 2 amide bonds. The minimum atomic E-state index is -4.90. The van der Waals surface area contributed by atoms with Gasteiger partial charge in [0.1, 0.15) is 13.1 Å². The molecule has 0 aliphatic rings. The van der Waals surface area contributed by atoms with Crippen LogP contribution < -0.4 is 9.80 Å². The van der Waals surface area contributed by atoms with E-state index < -0.39 is 49.0 Å². The van der Waals surface area contributed by atoms with Gasteiger partial charge in [-0.1, -0.05) is 6.07 Å². The first-order chi connectivity index (χ1) is 11.2. The Morgan fingerprint density at radius 2 is 1.36 bits per heavy atom. The van der Waals surface area contributed by atoms with Gasteiger partial charge in [-0.05, 0) is 24.6 Å². The molecule has 0 saturated carbocycles. The lowest BCUT2D eigenvalue weighted by Crippen LogP contribution is -2.40. The molecule has 0 heterocycles. The summed E-state index contributed by atoms with van der Waals surface area (Å²) in [6, 6.07) is 2.62. The van der Waals surface area contributed by atoms with E-state index in [0.717, 1.165) is 12.1 Å². The maximum absolute atomic E-state index is 12.5. The Labute approximate surface area is 136 Å². The van der Waals surface area contributed by atoms with Crippen LogP contribution in [0.15, 0.2) is 18.2 Å². The molecule has 140 valence electrons. The summed E-state index contributed by atoms with van der Waals surface area (Å²) in [4.78, 5) is 21.9. The molecule has 0 aliphatic heterocycles. The van der Waals surface area contributed by atoms with Gasteiger partial charge in [0, 0.05) is 5.69 Å². The number of carbonyl (C=O) groups is 2. The molecule has 0 aromatic heterocycles. The summed E-state index contributed by atoms with van der Waals surface area (Å²) in [5.41, 5.74) is -1.18. The van der Waals surface area contributed by atoms with Crippen LogP contribution in [0.5, 0.6) is 0 Å². The minimum Gasteiger partial charge on any atom is -0.465 e. The SMILES string of the molecule is Cc1ccc(N(CC(F)(F)F)C(=O)O)cc1N(CC(F)(F)F)C(=O)O. The van der Waals surface area contributed by atoms with E-state index in [2.05, 4.69) is 0 Å². The summed E-state index contributed by atoms with van der Waals surface area (Å²) in [6.07, 6.45) is -13.8. The molecule has 0 atom stereocenters. The molecule has 0 bridgehead atoms. The number of anilines is 2. The van der Waals surface area contributed by atoms with Crippen molar-refractivity contribution < 1.29 is 46.1 Å². The average molecular weight is 374 g/mol. The second kappa shape index (κ2) is 7.07. The van der Waals surface area contributed by atoms with E-state index in [1.54, 1.807) is 0 Å². The minimum absolute atomic E-state index is 0.00717. The lowest BCUT2D eigenvalue weighted by atomic mass is 10.1. The first-order valence-corrected chi connectivity index (χ1v) is 6.46. The van der Waals surface area contributed by atoms with Crippen molar-refractivity contribution in [3.8, 4) is 0 Å². The second-order valence-electron chi connectivity index (χ2n) is 4.94. The van der Waals surface area contributed by atoms with E-state index in [-0.39, 0.29) is 15.4 Å². The Kier molecular flexibility index (Phi) is 5.76. The van der Waals surface area contributed by atoms with Crippen molar-refractivity contribution in [3.05, 3.63) is 23.8 Å². The van der Waals surface area contributed by atoms with Gasteiger partial charge in [0.2, 0.25) is 0 Å². The normalized spacial score (nSPS) is 12.0. The van der Waals surface area contributed by atoms with Crippen LogP contribution in [0.25, 0.3) is 0 Å². The molecule has 0 unspecified atom stereocenters. The largest absolute Gasteiger partial charge is 0.465 e. The topological polar surface area (TPSA) is 81.1 Å². The average Bonchev–Trinajstić information content (AvgIpc) is 2.41. The second-order valence-corrected chi connectivity index (χ2v) is 4.94. The Morgan fingerprint density at radius 3 is 1.76 bits per heavy atom. The number of alkyl halides is 6. The van der Waals surface area contributed by atoms with Gasteiger partial charge in [-0.15, -0.1) is 0 Å². The van der Waals surface area contributed by atoms with Crippen LogP contribution in [0, 0.1) is 6.92 Å². The van der Waals surface area contributed by atoms with E-state index in [9.17, 15) is 35.9 Å². The van der Waals surface area contributed by atoms with Crippen molar-refractivity contribution in [3.63, 3.8) is 0 Å². The van der Waals surface area contributed by atoms with Gasteiger partial charge in [-0.2, -0.15) is 26.3 Å². The van der Waals surface area contributed by atoms with Gasteiger partial charge in [0.05, 0.1) is 5.69 Å². The molecule has 25 heavy (non-hydrogen) atoms. The molecule has 6 nitrogen and oxygen atoms in total. The molecule has 1 aromatic rings. The number of aryl methyl sites for hydroxylation is 1. The van der Waals surface area contributed by atoms with Gasteiger partial charge >= 0.3 is 24.5 Å². The van der Waals surface area contributed by atoms with E-state index in [1.165, 1.54) is 6.92 Å². The quantitative estimate of drug-likeness (QED) is 0.778. The highest BCUT2D eigenvalue weighted by molar-refractivity contribution is 5.91. The predicted molar refractivity (Wildman–Crippen MR) is 74.0 cm³/mol. The van der Waals surface area contributed by atoms with Crippen molar-refractivity contribution in [2.24, 2.45) is 0 Å². The van der Waals surface area contributed by atoms with Gasteiger partial charge in [-0.3, -0.25) is 9.80 Å². The molecule has 2 N–H and O–H groups in total. The zero-order valence-electron chi connectivity index (χ0n) is 12.5. The van der Waals surface area contributed by atoms with E-state index in [1.807, 2.05) is 0 Å². The van der Waals surface area contributed by atoms with Gasteiger partial charge in [-0.25, -0.2) is 9.59 Å². The lowest BCUT2D eigenvalue weighted by molar-refractivity contribution is -0.119. The van der Waals surface area contributed by atoms with Crippen LogP contribution in [-0.4, -0.2) is 47.8 Å². The van der Waals surface area contributed by atoms with E-state index in [0.29, 0.717) is 6.07 Å². The highest BCUT2D eigenvalue weighted by Crippen LogP contribution is 2.31. The first-order valence-electron chi connectivity index (χ1n) is 6.46. The fourth-order valence-corrected chi connectivity index (χ4v) is 1.94. The fraction of sp³-hybridized carbons (Fsp3) is 0.385. The third-order valence-electron chi connectivity index (χ3n) is 2.93. The third-order valence-corrected chi connectivity index (χ3v) is 2.93. The van der Waals surface area contributed by atoms with Crippen molar-refractivity contribution >= 4 is 23.6 Å². The maximum atomic E-state index is 12.5. The van der Waals surface area contributed by atoms with Crippen molar-refractivity contribution in [2.75, 3.05) is 22.9 Å². The number of amides is 2. The summed E-state index contributed by atoms with van der Waals surface area (Å²) < 4.78 is 75.1. The Morgan fingerprint density at radius 1 is 0.920 bits per heavy atom. The number of hydrogen-bond acceptors (Lipinski definition) is 2. The van der Waals surface area contributed by atoms with Crippen molar-refractivity contribution in [1.29, 1.82) is 0 Å². The summed E-state index contributed by atoms with van der Waals surface area (Å²) in [6.45, 7) is -2.57. The number of nitrogens with zero attached hydrogens (tertiary/aromatic N) is 2. The first kappa shape index (κ1) is 20.4. The zero-order valence-corrected chi connectivity index (χ0v) is 12.5. The predicted octanol–water partition coefficient (Wildman–Crippen LogP) is 4.09. The zero-order chi connectivity index (χ0) is 19.6. The van der Waals surface area contributed by atoms with Gasteiger partial charge in [0.25, 0.3) is 0 Å². The third kappa shape index (κ3) is 6.04. The molecule has 0 fully saturated rings. The highest BCUT2D eigenvalue weighted by Gasteiger charge is 2.36. The van der Waals surface area contributed by atoms with E-state index >= 15 is 0 Å². The molecule has 0 spiro atoms. The van der Waals surface area contributed by atoms with Crippen LogP contribution >= 0.6 is 0 Å². The van der Waals surface area contributed by atoms with Crippen LogP contribution in [0.4, 0.5) is 47.3 Å². The van der Waals surface area contributed by atoms with Gasteiger partial charge < -0.3 is 10.2 Å². The van der Waals surface area contributed by atoms with Crippen molar-refractivity contribution in [1.82, 2.24) is 0 Å². The summed E-state index contributed by atoms with van der Waals surface area (Å²) in [5.74, 6) is 0. The summed E-state index contributed by atoms with van der Waals surface area (Å²) in [7, 11) is 0. The molecule has 1 rings (SSSR count). The lowest BCUT2D eigenvalue weighted by Gasteiger charge is -2.26. The Bertz CT molecular complexity index is 659. The Balaban J connectivity index is 3.37. The standard InChI is InChI=1S/C13H12F6N2O4/c1-7-2-3-8(20(10(22)23)5-12(14,15)16)4-9(7)21(11(24)25)6-13(17,18)19/h2-4H,5-6H2,1H3,(H,22,23)(H,24,25). The van der Waals surface area contributed by atoms with Crippen LogP contribution in [0.3, 0.4) is 0 Å².